The molecule has 42 heavy (non-hydrogen) atoms. The topological polar surface area (TPSA) is 68.2 Å². The van der Waals surface area contributed by atoms with Crippen molar-refractivity contribution in [2.24, 2.45) is 0 Å². The summed E-state index contributed by atoms with van der Waals surface area (Å²) in [4.78, 5) is 24.8. The van der Waals surface area contributed by atoms with Gasteiger partial charge in [-0.25, -0.2) is 9.78 Å². The number of carbonyl (C=O) groups is 1. The van der Waals surface area contributed by atoms with Crippen molar-refractivity contribution in [1.29, 1.82) is 0 Å². The third-order valence-corrected chi connectivity index (χ3v) is 8.12. The van der Waals surface area contributed by atoms with Crippen molar-refractivity contribution < 1.29 is 37.6 Å². The highest BCUT2D eigenvalue weighted by Gasteiger charge is 2.50. The van der Waals surface area contributed by atoms with Crippen LogP contribution in [0.2, 0.25) is 10.0 Å². The number of phenolic OH excluding ortho intramolecular Hbond substituents is 1. The van der Waals surface area contributed by atoms with Crippen molar-refractivity contribution in [3.8, 4) is 17.2 Å². The third-order valence-electron chi connectivity index (χ3n) is 7.51. The Labute approximate surface area is 248 Å². The van der Waals surface area contributed by atoms with Gasteiger partial charge in [0.15, 0.2) is 5.60 Å². The molecule has 1 spiro atoms. The van der Waals surface area contributed by atoms with Gasteiger partial charge in [0, 0.05) is 48.0 Å². The number of carbonyl (C=O) groups excluding carboxylic acids is 1. The zero-order valence-electron chi connectivity index (χ0n) is 22.0. The van der Waals surface area contributed by atoms with E-state index in [0.717, 1.165) is 11.1 Å². The molecule has 4 aromatic carbocycles. The Balaban J connectivity index is 1.39. The highest BCUT2D eigenvalue weighted by atomic mass is 35.5. The zero-order valence-corrected chi connectivity index (χ0v) is 23.5. The second-order valence-corrected chi connectivity index (χ2v) is 10.8. The van der Waals surface area contributed by atoms with Crippen molar-refractivity contribution in [3.05, 3.63) is 111 Å². The number of benzene rings is 4. The van der Waals surface area contributed by atoms with E-state index in [1.54, 1.807) is 54.4 Å². The Bertz CT molecular complexity index is 1710. The molecule has 0 amide bonds. The number of anilines is 2. The molecule has 0 aromatic heterocycles. The van der Waals surface area contributed by atoms with E-state index in [1.165, 1.54) is 6.07 Å². The van der Waals surface area contributed by atoms with E-state index in [4.69, 9.17) is 37.7 Å². The molecule has 1 N–H and O–H groups in total. The lowest BCUT2D eigenvalue weighted by atomic mass is 9.76. The standard InChI is InChI=1S/C31H22Cl2F3NO5/c1-37(19-9-6-17(7-10-19)8-11-29(39)31(34,35)36)25-14-27-21(12-23(25)32)30(20-5-3-2-4-18(20)16-40-42-30)22-13-24(33)26(38)15-28(22)41-27/h2-7,9-10,12-15,38H,8,11,16H2,1H3. The van der Waals surface area contributed by atoms with Crippen molar-refractivity contribution >= 4 is 40.4 Å². The lowest BCUT2D eigenvalue weighted by Crippen LogP contribution is -2.39. The average Bonchev–Trinajstić information content (AvgIpc) is 2.97. The molecule has 2 aliphatic heterocycles. The monoisotopic (exact) mass is 615 g/mol. The van der Waals surface area contributed by atoms with Gasteiger partial charge in [-0.15, -0.1) is 0 Å². The molecular weight excluding hydrogens is 594 g/mol. The Kier molecular flexibility index (Phi) is 7.09. The van der Waals surface area contributed by atoms with Gasteiger partial charge in [0.2, 0.25) is 5.78 Å². The summed E-state index contributed by atoms with van der Waals surface area (Å²) >= 11 is 13.2. The molecule has 4 aromatic rings. The van der Waals surface area contributed by atoms with Crippen LogP contribution in [-0.2, 0) is 33.2 Å². The summed E-state index contributed by atoms with van der Waals surface area (Å²) in [5.41, 5.74) is 3.34. The fraction of sp³-hybridized carbons (Fsp3) is 0.194. The first kappa shape index (κ1) is 28.4. The number of rotatable bonds is 5. The van der Waals surface area contributed by atoms with Gasteiger partial charge in [-0.2, -0.15) is 13.2 Å². The van der Waals surface area contributed by atoms with Crippen molar-refractivity contribution in [1.82, 2.24) is 0 Å². The molecule has 6 rings (SSSR count). The first-order valence-electron chi connectivity index (χ1n) is 12.9. The van der Waals surface area contributed by atoms with Gasteiger partial charge < -0.3 is 14.7 Å². The molecule has 6 nitrogen and oxygen atoms in total. The van der Waals surface area contributed by atoms with Crippen LogP contribution in [-0.4, -0.2) is 24.1 Å². The number of phenols is 1. The van der Waals surface area contributed by atoms with E-state index >= 15 is 0 Å². The number of hydrogen-bond acceptors (Lipinski definition) is 6. The van der Waals surface area contributed by atoms with Crippen LogP contribution >= 0.6 is 23.2 Å². The summed E-state index contributed by atoms with van der Waals surface area (Å²) < 4.78 is 44.0. The van der Waals surface area contributed by atoms with E-state index in [9.17, 15) is 23.1 Å². The van der Waals surface area contributed by atoms with Crippen LogP contribution in [0.25, 0.3) is 0 Å². The van der Waals surface area contributed by atoms with Crippen LogP contribution in [0.4, 0.5) is 24.5 Å². The molecule has 1 unspecified atom stereocenters. The number of Topliss-reactive ketones (excluding diaryl/α,β-unsaturated/α-hetero) is 1. The van der Waals surface area contributed by atoms with Crippen molar-refractivity contribution in [2.75, 3.05) is 11.9 Å². The van der Waals surface area contributed by atoms with Gasteiger partial charge in [-0.3, -0.25) is 4.79 Å². The zero-order chi connectivity index (χ0) is 29.8. The number of ether oxygens (including phenoxy) is 1. The number of fused-ring (bicyclic) bond motifs is 6. The maximum atomic E-state index is 12.6. The fourth-order valence-corrected chi connectivity index (χ4v) is 5.80. The normalized spacial score (nSPS) is 17.2. The van der Waals surface area contributed by atoms with Crippen LogP contribution in [0.3, 0.4) is 0 Å². The molecule has 0 bridgehead atoms. The van der Waals surface area contributed by atoms with Gasteiger partial charge in [-0.05, 0) is 41.8 Å². The van der Waals surface area contributed by atoms with Crippen LogP contribution in [0.15, 0.2) is 72.8 Å². The number of aryl methyl sites for hydroxylation is 1. The summed E-state index contributed by atoms with van der Waals surface area (Å²) in [6.45, 7) is 0.226. The highest BCUT2D eigenvalue weighted by molar-refractivity contribution is 6.33. The van der Waals surface area contributed by atoms with Crippen LogP contribution in [0.1, 0.15) is 34.2 Å². The Morgan fingerprint density at radius 1 is 0.952 bits per heavy atom. The Hall–Kier alpha value is -3.76. The average molecular weight is 616 g/mol. The molecule has 2 aliphatic rings. The first-order valence-corrected chi connectivity index (χ1v) is 13.6. The summed E-state index contributed by atoms with van der Waals surface area (Å²) in [5.74, 6) is -1.20. The third kappa shape index (κ3) is 4.76. The van der Waals surface area contributed by atoms with Gasteiger partial charge in [0.1, 0.15) is 23.9 Å². The molecule has 0 saturated heterocycles. The van der Waals surface area contributed by atoms with Gasteiger partial charge in [0.25, 0.3) is 0 Å². The number of halogens is 5. The molecule has 0 fully saturated rings. The molecule has 0 aliphatic carbocycles. The van der Waals surface area contributed by atoms with Crippen molar-refractivity contribution in [2.45, 2.75) is 31.2 Å². The van der Waals surface area contributed by atoms with E-state index in [1.807, 2.05) is 24.3 Å². The molecule has 216 valence electrons. The Morgan fingerprint density at radius 2 is 1.62 bits per heavy atom. The Morgan fingerprint density at radius 3 is 2.33 bits per heavy atom. The highest BCUT2D eigenvalue weighted by Crippen LogP contribution is 2.57. The first-order chi connectivity index (χ1) is 20.0. The van der Waals surface area contributed by atoms with Crippen LogP contribution in [0, 0.1) is 0 Å². The number of alkyl halides is 3. The van der Waals surface area contributed by atoms with E-state index < -0.39 is 24.0 Å². The molecular formula is C31H22Cl2F3NO5. The number of aromatic hydroxyl groups is 1. The lowest BCUT2D eigenvalue weighted by Gasteiger charge is -2.42. The van der Waals surface area contributed by atoms with Gasteiger partial charge in [0.05, 0.1) is 15.7 Å². The van der Waals surface area contributed by atoms with Crippen molar-refractivity contribution in [3.63, 3.8) is 0 Å². The maximum absolute atomic E-state index is 12.6. The smallest absolute Gasteiger partial charge is 0.449 e. The summed E-state index contributed by atoms with van der Waals surface area (Å²) in [6.07, 6.45) is -5.49. The fourth-order valence-electron chi connectivity index (χ4n) is 5.35. The van der Waals surface area contributed by atoms with E-state index in [-0.39, 0.29) is 23.8 Å². The number of ketones is 1. The summed E-state index contributed by atoms with van der Waals surface area (Å²) in [5, 5.41) is 10.9. The molecule has 1 atom stereocenters. The second-order valence-electron chi connectivity index (χ2n) is 10.0. The predicted molar refractivity (Wildman–Crippen MR) is 151 cm³/mol. The molecule has 2 heterocycles. The SMILES string of the molecule is CN(c1ccc(CCC(=O)C(F)(F)F)cc1)c1cc2c(cc1Cl)C1(OOCc3ccccc31)c1cc(Cl)c(O)cc1O2. The number of hydrogen-bond donors (Lipinski definition) is 1. The van der Waals surface area contributed by atoms with Gasteiger partial charge >= 0.3 is 6.18 Å². The molecule has 0 radical (unpaired) electrons. The van der Waals surface area contributed by atoms with Crippen LogP contribution < -0.4 is 9.64 Å². The lowest BCUT2D eigenvalue weighted by molar-refractivity contribution is -0.363. The minimum Gasteiger partial charge on any atom is -0.506 e. The molecule has 0 saturated carbocycles. The largest absolute Gasteiger partial charge is 0.506 e. The predicted octanol–water partition coefficient (Wildman–Crippen LogP) is 8.39. The quantitative estimate of drug-likeness (QED) is 0.227. The summed E-state index contributed by atoms with van der Waals surface area (Å²) in [6, 6.07) is 20.9. The number of nitrogens with zero attached hydrogens (tertiary/aromatic N) is 1. The van der Waals surface area contributed by atoms with E-state index in [0.29, 0.717) is 44.6 Å². The maximum Gasteiger partial charge on any atom is 0.449 e. The van der Waals surface area contributed by atoms with E-state index in [2.05, 4.69) is 0 Å². The minimum atomic E-state index is -4.84. The summed E-state index contributed by atoms with van der Waals surface area (Å²) in [7, 11) is 1.78. The van der Waals surface area contributed by atoms with Gasteiger partial charge in [-0.1, -0.05) is 59.6 Å². The van der Waals surface area contributed by atoms with Crippen LogP contribution in [0.5, 0.6) is 17.2 Å². The minimum absolute atomic E-state index is 0.0301. The molecule has 11 heteroatoms. The second kappa shape index (κ2) is 10.5.